The third-order valence-corrected chi connectivity index (χ3v) is 5.06. The maximum atomic E-state index is 12.5. The Bertz CT molecular complexity index is 766. The predicted molar refractivity (Wildman–Crippen MR) is 108 cm³/mol. The Hall–Kier alpha value is -2.66. The third kappa shape index (κ3) is 5.17. The fraction of sp³-hybridized carbons (Fsp3) is 0.364. The number of amides is 1. The van der Waals surface area contributed by atoms with Crippen LogP contribution in [0.25, 0.3) is 0 Å². The van der Waals surface area contributed by atoms with Crippen LogP contribution in [0.15, 0.2) is 54.6 Å². The zero-order valence-electron chi connectivity index (χ0n) is 16.1. The van der Waals surface area contributed by atoms with Gasteiger partial charge in [-0.15, -0.1) is 0 Å². The molecule has 0 N–H and O–H groups in total. The number of hydrogen-bond acceptors (Lipinski definition) is 4. The molecule has 0 bridgehead atoms. The van der Waals surface area contributed by atoms with Crippen LogP contribution >= 0.6 is 0 Å². The summed E-state index contributed by atoms with van der Waals surface area (Å²) in [6.07, 6.45) is 0. The average Bonchev–Trinajstić information content (AvgIpc) is 2.69. The first kappa shape index (κ1) is 19.1. The number of rotatable bonds is 6. The molecule has 0 unspecified atom stereocenters. The van der Waals surface area contributed by atoms with Gasteiger partial charge < -0.3 is 9.80 Å². The number of nitrogens with zero attached hydrogens (tertiary/aromatic N) is 3. The molecule has 1 saturated heterocycles. The van der Waals surface area contributed by atoms with Gasteiger partial charge in [0.2, 0.25) is 5.91 Å². The Morgan fingerprint density at radius 3 is 2.15 bits per heavy atom. The van der Waals surface area contributed by atoms with Gasteiger partial charge in [0.1, 0.15) is 0 Å². The van der Waals surface area contributed by atoms with Crippen molar-refractivity contribution in [3.8, 4) is 0 Å². The van der Waals surface area contributed by atoms with Crippen LogP contribution in [0.4, 0.5) is 5.69 Å². The number of hydrogen-bond donors (Lipinski definition) is 0. The van der Waals surface area contributed by atoms with Crippen LogP contribution < -0.4 is 4.90 Å². The molecule has 27 heavy (non-hydrogen) atoms. The van der Waals surface area contributed by atoms with Gasteiger partial charge in [0.05, 0.1) is 6.54 Å². The molecule has 1 fully saturated rings. The number of anilines is 1. The molecule has 1 heterocycles. The largest absolute Gasteiger partial charge is 0.369 e. The fourth-order valence-corrected chi connectivity index (χ4v) is 3.33. The lowest BCUT2D eigenvalue weighted by Gasteiger charge is -2.36. The Labute approximate surface area is 161 Å². The van der Waals surface area contributed by atoms with Gasteiger partial charge >= 0.3 is 0 Å². The summed E-state index contributed by atoms with van der Waals surface area (Å²) >= 11 is 0. The van der Waals surface area contributed by atoms with Crippen molar-refractivity contribution in [3.63, 3.8) is 0 Å². The Morgan fingerprint density at radius 1 is 0.926 bits per heavy atom. The molecule has 0 atom stereocenters. The number of piperazine rings is 1. The van der Waals surface area contributed by atoms with Crippen molar-refractivity contribution in [3.05, 3.63) is 65.7 Å². The molecule has 2 aromatic rings. The molecule has 0 spiro atoms. The molecule has 5 nitrogen and oxygen atoms in total. The van der Waals surface area contributed by atoms with E-state index in [1.807, 2.05) is 61.6 Å². The summed E-state index contributed by atoms with van der Waals surface area (Å²) in [6, 6.07) is 17.8. The van der Waals surface area contributed by atoms with Gasteiger partial charge in [0, 0.05) is 51.0 Å². The molecule has 142 valence electrons. The lowest BCUT2D eigenvalue weighted by atomic mass is 10.1. The number of Topliss-reactive ketones (excluding diaryl/α,β-unsaturated/α-hetero) is 1. The zero-order valence-corrected chi connectivity index (χ0v) is 16.1. The minimum Gasteiger partial charge on any atom is -0.369 e. The lowest BCUT2D eigenvalue weighted by Crippen LogP contribution is -2.49. The average molecular weight is 365 g/mol. The Morgan fingerprint density at radius 2 is 1.56 bits per heavy atom. The van der Waals surface area contributed by atoms with E-state index >= 15 is 0 Å². The summed E-state index contributed by atoms with van der Waals surface area (Å²) in [5, 5.41) is 0. The summed E-state index contributed by atoms with van der Waals surface area (Å²) in [5.41, 5.74) is 3.02. The molecule has 1 amide bonds. The van der Waals surface area contributed by atoms with Crippen molar-refractivity contribution in [1.29, 1.82) is 0 Å². The molecular weight excluding hydrogens is 338 g/mol. The van der Waals surface area contributed by atoms with Crippen molar-refractivity contribution < 1.29 is 9.59 Å². The van der Waals surface area contributed by atoms with Gasteiger partial charge in [0.15, 0.2) is 5.78 Å². The van der Waals surface area contributed by atoms with Gasteiger partial charge in [-0.1, -0.05) is 30.3 Å². The molecule has 2 aromatic carbocycles. The molecule has 3 rings (SSSR count). The summed E-state index contributed by atoms with van der Waals surface area (Å²) in [6.45, 7) is 6.17. The standard InChI is InChI=1S/C22H27N3O2/c1-18(26)20-8-10-21(11-9-20)25-14-12-24(13-15-25)17-22(27)23(2)16-19-6-4-3-5-7-19/h3-11H,12-17H2,1-2H3. The molecule has 1 aliphatic heterocycles. The van der Waals surface area contributed by atoms with Crippen LogP contribution in [0.1, 0.15) is 22.8 Å². The molecule has 5 heteroatoms. The van der Waals surface area contributed by atoms with Crippen LogP contribution in [-0.2, 0) is 11.3 Å². The van der Waals surface area contributed by atoms with Gasteiger partial charge in [-0.2, -0.15) is 0 Å². The normalized spacial score (nSPS) is 14.8. The molecular formula is C22H27N3O2. The third-order valence-electron chi connectivity index (χ3n) is 5.06. The minimum absolute atomic E-state index is 0.0875. The predicted octanol–water partition coefficient (Wildman–Crippen LogP) is 2.67. The molecule has 0 saturated carbocycles. The van der Waals surface area contributed by atoms with E-state index in [-0.39, 0.29) is 11.7 Å². The van der Waals surface area contributed by atoms with Gasteiger partial charge in [-0.25, -0.2) is 0 Å². The van der Waals surface area contributed by atoms with E-state index in [9.17, 15) is 9.59 Å². The van der Waals surface area contributed by atoms with E-state index in [2.05, 4.69) is 9.80 Å². The number of likely N-dealkylation sites (N-methyl/N-ethyl adjacent to an activating group) is 1. The van der Waals surface area contributed by atoms with Crippen molar-refractivity contribution in [1.82, 2.24) is 9.80 Å². The monoisotopic (exact) mass is 365 g/mol. The number of carbonyl (C=O) groups is 2. The molecule has 0 radical (unpaired) electrons. The zero-order chi connectivity index (χ0) is 19.2. The first-order valence-electron chi connectivity index (χ1n) is 9.39. The van der Waals surface area contributed by atoms with Crippen molar-refractivity contribution in [2.24, 2.45) is 0 Å². The van der Waals surface area contributed by atoms with Crippen LogP contribution in [0.3, 0.4) is 0 Å². The maximum absolute atomic E-state index is 12.5. The fourth-order valence-electron chi connectivity index (χ4n) is 3.33. The summed E-state index contributed by atoms with van der Waals surface area (Å²) < 4.78 is 0. The van der Waals surface area contributed by atoms with E-state index in [0.717, 1.165) is 43.0 Å². The van der Waals surface area contributed by atoms with E-state index < -0.39 is 0 Å². The minimum atomic E-state index is 0.0875. The van der Waals surface area contributed by atoms with Crippen molar-refractivity contribution in [2.75, 3.05) is 44.7 Å². The van der Waals surface area contributed by atoms with Gasteiger partial charge in [0.25, 0.3) is 0 Å². The summed E-state index contributed by atoms with van der Waals surface area (Å²) in [4.78, 5) is 30.2. The lowest BCUT2D eigenvalue weighted by molar-refractivity contribution is -0.131. The number of carbonyl (C=O) groups excluding carboxylic acids is 2. The first-order chi connectivity index (χ1) is 13.0. The van der Waals surface area contributed by atoms with E-state index in [4.69, 9.17) is 0 Å². The van der Waals surface area contributed by atoms with Crippen LogP contribution in [0.2, 0.25) is 0 Å². The topological polar surface area (TPSA) is 43.9 Å². The van der Waals surface area contributed by atoms with E-state index in [1.165, 1.54) is 0 Å². The van der Waals surface area contributed by atoms with Crippen LogP contribution in [0.5, 0.6) is 0 Å². The second kappa shape index (κ2) is 8.82. The SMILES string of the molecule is CC(=O)c1ccc(N2CCN(CC(=O)N(C)Cc3ccccc3)CC2)cc1. The summed E-state index contributed by atoms with van der Waals surface area (Å²) in [7, 11) is 1.86. The first-order valence-corrected chi connectivity index (χ1v) is 9.39. The Balaban J connectivity index is 1.47. The second-order valence-corrected chi connectivity index (χ2v) is 7.10. The van der Waals surface area contributed by atoms with E-state index in [0.29, 0.717) is 13.1 Å². The van der Waals surface area contributed by atoms with E-state index in [1.54, 1.807) is 11.8 Å². The highest BCUT2D eigenvalue weighted by Gasteiger charge is 2.21. The quantitative estimate of drug-likeness (QED) is 0.739. The van der Waals surface area contributed by atoms with Crippen LogP contribution in [0, 0.1) is 0 Å². The summed E-state index contributed by atoms with van der Waals surface area (Å²) in [5.74, 6) is 0.239. The van der Waals surface area contributed by atoms with Crippen molar-refractivity contribution in [2.45, 2.75) is 13.5 Å². The highest BCUT2D eigenvalue weighted by molar-refractivity contribution is 5.94. The number of ketones is 1. The molecule has 1 aliphatic rings. The highest BCUT2D eigenvalue weighted by Crippen LogP contribution is 2.17. The molecule has 0 aromatic heterocycles. The van der Waals surface area contributed by atoms with Crippen molar-refractivity contribution >= 4 is 17.4 Å². The van der Waals surface area contributed by atoms with Gasteiger partial charge in [-0.05, 0) is 36.8 Å². The highest BCUT2D eigenvalue weighted by atomic mass is 16.2. The van der Waals surface area contributed by atoms with Crippen LogP contribution in [-0.4, -0.2) is 61.3 Å². The maximum Gasteiger partial charge on any atom is 0.236 e. The smallest absolute Gasteiger partial charge is 0.236 e. The Kier molecular flexibility index (Phi) is 6.24. The second-order valence-electron chi connectivity index (χ2n) is 7.10. The van der Waals surface area contributed by atoms with Gasteiger partial charge in [-0.3, -0.25) is 14.5 Å². The molecule has 0 aliphatic carbocycles. The number of benzene rings is 2.